The van der Waals surface area contributed by atoms with Crippen LogP contribution in [-0.2, 0) is 19.3 Å². The maximum Gasteiger partial charge on any atom is 0.201 e. The molecule has 6 rings (SSSR count). The summed E-state index contributed by atoms with van der Waals surface area (Å²) in [6.45, 7) is 1.34. The van der Waals surface area contributed by atoms with Crippen molar-refractivity contribution in [1.82, 2.24) is 39.7 Å². The Morgan fingerprint density at radius 2 is 1.89 bits per heavy atom. The zero-order valence-corrected chi connectivity index (χ0v) is 20.2. The number of anilines is 1. The van der Waals surface area contributed by atoms with Crippen molar-refractivity contribution in [2.75, 3.05) is 18.0 Å². The van der Waals surface area contributed by atoms with E-state index in [1.165, 1.54) is 6.33 Å². The Bertz CT molecular complexity index is 1610. The highest BCUT2D eigenvalue weighted by Gasteiger charge is 2.41. The van der Waals surface area contributed by atoms with E-state index in [0.29, 0.717) is 53.6 Å². The van der Waals surface area contributed by atoms with E-state index in [4.69, 9.17) is 0 Å². The van der Waals surface area contributed by atoms with Gasteiger partial charge in [-0.3, -0.25) is 4.98 Å². The molecule has 1 aromatic carbocycles. The van der Waals surface area contributed by atoms with Crippen molar-refractivity contribution < 1.29 is 4.39 Å². The number of hydrogen-bond donors (Lipinski definition) is 0. The molecule has 0 aliphatic carbocycles. The van der Waals surface area contributed by atoms with Gasteiger partial charge in [0.25, 0.3) is 0 Å². The normalized spacial score (nSPS) is 15.1. The fourth-order valence-corrected chi connectivity index (χ4v) is 4.87. The molecule has 1 saturated heterocycles. The van der Waals surface area contributed by atoms with Crippen LogP contribution < -0.4 is 4.90 Å². The van der Waals surface area contributed by atoms with Crippen molar-refractivity contribution >= 4 is 16.9 Å². The summed E-state index contributed by atoms with van der Waals surface area (Å²) in [7, 11) is 1.75. The molecule has 184 valence electrons. The summed E-state index contributed by atoms with van der Waals surface area (Å²) in [6.07, 6.45) is 5.26. The summed E-state index contributed by atoms with van der Waals surface area (Å²) in [5, 5.41) is 26.8. The average Bonchev–Trinajstić information content (AvgIpc) is 3.54. The van der Waals surface area contributed by atoms with E-state index in [0.717, 1.165) is 11.1 Å². The molecule has 1 aliphatic heterocycles. The number of pyridine rings is 2. The maximum absolute atomic E-state index is 15.8. The molecule has 37 heavy (non-hydrogen) atoms. The van der Waals surface area contributed by atoms with E-state index in [2.05, 4.69) is 36.4 Å². The number of aromatic nitrogens is 8. The molecule has 5 heterocycles. The van der Waals surface area contributed by atoms with Crippen LogP contribution in [-0.4, -0.2) is 52.8 Å². The monoisotopic (exact) mass is 494 g/mol. The lowest BCUT2D eigenvalue weighted by Crippen LogP contribution is -2.42. The second kappa shape index (κ2) is 9.05. The number of aryl methyl sites for hydroxylation is 1. The molecule has 0 unspecified atom stereocenters. The third kappa shape index (κ3) is 4.16. The second-order valence-electron chi connectivity index (χ2n) is 9.17. The van der Waals surface area contributed by atoms with Crippen LogP contribution in [0.5, 0.6) is 0 Å². The maximum atomic E-state index is 15.8. The molecule has 0 spiro atoms. The Kier molecular flexibility index (Phi) is 5.56. The van der Waals surface area contributed by atoms with E-state index in [1.54, 1.807) is 34.9 Å². The van der Waals surface area contributed by atoms with Crippen molar-refractivity contribution in [1.29, 1.82) is 5.26 Å². The number of alkyl halides is 1. The molecule has 0 bridgehead atoms. The highest BCUT2D eigenvalue weighted by atomic mass is 19.1. The predicted octanol–water partition coefficient (Wildman–Crippen LogP) is 3.40. The van der Waals surface area contributed by atoms with Crippen molar-refractivity contribution in [3.8, 4) is 17.3 Å². The van der Waals surface area contributed by atoms with Gasteiger partial charge in [-0.2, -0.15) is 15.2 Å². The molecule has 0 saturated carbocycles. The lowest BCUT2D eigenvalue weighted by atomic mass is 9.91. The highest BCUT2D eigenvalue weighted by Crippen LogP contribution is 2.40. The first-order valence-corrected chi connectivity index (χ1v) is 12.0. The van der Waals surface area contributed by atoms with Crippen LogP contribution in [0.2, 0.25) is 0 Å². The molecule has 0 atom stereocenters. The van der Waals surface area contributed by atoms with Gasteiger partial charge in [0.1, 0.15) is 17.9 Å². The second-order valence-corrected chi connectivity index (χ2v) is 9.17. The molecule has 0 N–H and O–H groups in total. The van der Waals surface area contributed by atoms with Crippen LogP contribution in [0, 0.1) is 11.3 Å². The van der Waals surface area contributed by atoms with Gasteiger partial charge in [0, 0.05) is 50.9 Å². The van der Waals surface area contributed by atoms with Gasteiger partial charge in [-0.15, -0.1) is 15.3 Å². The van der Waals surface area contributed by atoms with Crippen molar-refractivity contribution in [2.24, 2.45) is 7.05 Å². The van der Waals surface area contributed by atoms with Crippen molar-refractivity contribution in [2.45, 2.75) is 25.1 Å². The number of piperidine rings is 1. The minimum atomic E-state index is -1.57. The standard InChI is InChI=1S/C26H23FN10/c1-35-17-31-32-25(35)26(27)8-11-36(12-9-26)23-19(14-28)7-10-29-22(23)20-13-21-24(30-15-20)34-37(33-21)16-18-5-3-2-4-6-18/h2-7,10,13,15,17H,8-9,11-12,16H2,1H3. The number of benzene rings is 1. The number of halogens is 1. The van der Waals surface area contributed by atoms with Crippen molar-refractivity contribution in [3.63, 3.8) is 0 Å². The number of hydrogen-bond acceptors (Lipinski definition) is 8. The Hall–Kier alpha value is -4.72. The van der Waals surface area contributed by atoms with Crippen LogP contribution in [0.4, 0.5) is 10.1 Å². The number of fused-ring (bicyclic) bond motifs is 1. The molecule has 4 aromatic heterocycles. The molecular weight excluding hydrogens is 471 g/mol. The third-order valence-corrected chi connectivity index (χ3v) is 6.75. The summed E-state index contributed by atoms with van der Waals surface area (Å²) in [5.74, 6) is 0.326. The van der Waals surface area contributed by atoms with Crippen LogP contribution in [0.3, 0.4) is 0 Å². The van der Waals surface area contributed by atoms with Gasteiger partial charge in [-0.1, -0.05) is 30.3 Å². The highest BCUT2D eigenvalue weighted by molar-refractivity contribution is 5.84. The van der Waals surface area contributed by atoms with Gasteiger partial charge < -0.3 is 9.47 Å². The van der Waals surface area contributed by atoms with Crippen LogP contribution in [0.15, 0.2) is 61.2 Å². The van der Waals surface area contributed by atoms with Gasteiger partial charge in [-0.05, 0) is 17.7 Å². The molecule has 1 aliphatic rings. The fraction of sp³-hybridized carbons (Fsp3) is 0.269. The Labute approximate surface area is 212 Å². The van der Waals surface area contributed by atoms with Crippen molar-refractivity contribution in [3.05, 3.63) is 78.1 Å². The zero-order valence-electron chi connectivity index (χ0n) is 20.2. The summed E-state index contributed by atoms with van der Waals surface area (Å²) in [4.78, 5) is 12.8. The quantitative estimate of drug-likeness (QED) is 0.365. The SMILES string of the molecule is Cn1cnnc1C1(F)CCN(c2c(C#N)ccnc2-c2cnc3nn(Cc4ccccc4)nc3c2)CC1. The number of nitriles is 1. The first kappa shape index (κ1) is 22.7. The average molecular weight is 495 g/mol. The largest absolute Gasteiger partial charge is 0.368 e. The lowest BCUT2D eigenvalue weighted by Gasteiger charge is -2.37. The van der Waals surface area contributed by atoms with Gasteiger partial charge in [0.05, 0.1) is 23.5 Å². The van der Waals surface area contributed by atoms with E-state index in [9.17, 15) is 5.26 Å². The predicted molar refractivity (Wildman–Crippen MR) is 134 cm³/mol. The first-order chi connectivity index (χ1) is 18.0. The Morgan fingerprint density at radius 1 is 1.08 bits per heavy atom. The Balaban J connectivity index is 1.32. The minimum Gasteiger partial charge on any atom is -0.368 e. The van der Waals surface area contributed by atoms with Gasteiger partial charge >= 0.3 is 0 Å². The molecule has 10 nitrogen and oxygen atoms in total. The fourth-order valence-electron chi connectivity index (χ4n) is 4.87. The van der Waals surface area contributed by atoms with Gasteiger partial charge in [0.2, 0.25) is 5.65 Å². The van der Waals surface area contributed by atoms with E-state index in [-0.39, 0.29) is 12.8 Å². The van der Waals surface area contributed by atoms with E-state index in [1.807, 2.05) is 41.3 Å². The zero-order chi connectivity index (χ0) is 25.4. The van der Waals surface area contributed by atoms with Gasteiger partial charge in [-0.25, -0.2) is 9.37 Å². The van der Waals surface area contributed by atoms with Gasteiger partial charge in [0.15, 0.2) is 11.5 Å². The topological polar surface area (TPSA) is 114 Å². The van der Waals surface area contributed by atoms with Crippen LogP contribution in [0.1, 0.15) is 29.8 Å². The molecule has 0 amide bonds. The third-order valence-electron chi connectivity index (χ3n) is 6.75. The number of nitrogens with zero attached hydrogens (tertiary/aromatic N) is 10. The Morgan fingerprint density at radius 3 is 2.62 bits per heavy atom. The van der Waals surface area contributed by atoms with Crippen LogP contribution >= 0.6 is 0 Å². The van der Waals surface area contributed by atoms with E-state index >= 15 is 4.39 Å². The van der Waals surface area contributed by atoms with Crippen LogP contribution in [0.25, 0.3) is 22.4 Å². The first-order valence-electron chi connectivity index (χ1n) is 12.0. The molecular formula is C26H23FN10. The number of rotatable bonds is 5. The summed E-state index contributed by atoms with van der Waals surface area (Å²) in [5.41, 5.74) is 3.14. The summed E-state index contributed by atoms with van der Waals surface area (Å²) < 4.78 is 17.4. The minimum absolute atomic E-state index is 0.226. The molecule has 0 radical (unpaired) electrons. The summed E-state index contributed by atoms with van der Waals surface area (Å²) in [6, 6.07) is 15.8. The molecule has 5 aromatic rings. The molecule has 1 fully saturated rings. The summed E-state index contributed by atoms with van der Waals surface area (Å²) >= 11 is 0. The van der Waals surface area contributed by atoms with E-state index < -0.39 is 5.67 Å². The lowest BCUT2D eigenvalue weighted by molar-refractivity contribution is 0.109. The molecule has 11 heteroatoms. The smallest absolute Gasteiger partial charge is 0.201 e.